The molecule has 0 fully saturated rings. The Kier molecular flexibility index (Phi) is 6.36. The number of carbonyl (C=O) groups is 2. The summed E-state index contributed by atoms with van der Waals surface area (Å²) in [5, 5.41) is 0. The van der Waals surface area contributed by atoms with E-state index >= 15 is 0 Å². The molecule has 0 atom stereocenters. The SMILES string of the molecule is COC(=O)Oc1cccc(-c2cnc(C(=O)CCc3ccc(-c4ccccc4)cc3)o2)n1. The van der Waals surface area contributed by atoms with Crippen LogP contribution in [0.25, 0.3) is 22.6 Å². The fourth-order valence-corrected chi connectivity index (χ4v) is 3.12. The highest BCUT2D eigenvalue weighted by molar-refractivity contribution is 5.92. The van der Waals surface area contributed by atoms with Gasteiger partial charge in [0.1, 0.15) is 5.69 Å². The topological polar surface area (TPSA) is 91.5 Å². The largest absolute Gasteiger partial charge is 0.514 e. The lowest BCUT2D eigenvalue weighted by Crippen LogP contribution is -2.08. The van der Waals surface area contributed by atoms with Crippen molar-refractivity contribution in [3.8, 4) is 28.5 Å². The highest BCUT2D eigenvalue weighted by Gasteiger charge is 2.16. The second-order valence-electron chi connectivity index (χ2n) is 6.93. The van der Waals surface area contributed by atoms with Crippen molar-refractivity contribution in [2.75, 3.05) is 7.11 Å². The summed E-state index contributed by atoms with van der Waals surface area (Å²) in [5.74, 6) is 0.167. The number of hydrogen-bond acceptors (Lipinski definition) is 7. The minimum atomic E-state index is -0.875. The zero-order chi connectivity index (χ0) is 22.3. The van der Waals surface area contributed by atoms with Crippen molar-refractivity contribution < 1.29 is 23.5 Å². The number of ether oxygens (including phenoxy) is 2. The van der Waals surface area contributed by atoms with Crippen LogP contribution in [-0.2, 0) is 11.2 Å². The molecule has 4 aromatic rings. The van der Waals surface area contributed by atoms with E-state index in [0.29, 0.717) is 17.9 Å². The van der Waals surface area contributed by atoms with Crippen LogP contribution in [0, 0.1) is 0 Å². The Morgan fingerprint density at radius 3 is 2.41 bits per heavy atom. The van der Waals surface area contributed by atoms with Gasteiger partial charge in [-0.1, -0.05) is 60.7 Å². The van der Waals surface area contributed by atoms with Crippen molar-refractivity contribution in [1.29, 1.82) is 0 Å². The first-order valence-corrected chi connectivity index (χ1v) is 9.99. The third-order valence-electron chi connectivity index (χ3n) is 4.78. The van der Waals surface area contributed by atoms with E-state index in [0.717, 1.165) is 16.7 Å². The summed E-state index contributed by atoms with van der Waals surface area (Å²) in [6, 6.07) is 23.1. The summed E-state index contributed by atoms with van der Waals surface area (Å²) in [6.45, 7) is 0. The number of Topliss-reactive ketones (excluding diaryl/α,β-unsaturated/α-hetero) is 1. The molecule has 0 aliphatic carbocycles. The van der Waals surface area contributed by atoms with Crippen LogP contribution in [0.5, 0.6) is 5.88 Å². The summed E-state index contributed by atoms with van der Waals surface area (Å²) in [5.41, 5.74) is 3.72. The van der Waals surface area contributed by atoms with Gasteiger partial charge in [-0.2, -0.15) is 0 Å². The third kappa shape index (κ3) is 5.07. The van der Waals surface area contributed by atoms with Gasteiger partial charge in [0.15, 0.2) is 5.76 Å². The van der Waals surface area contributed by atoms with Crippen LogP contribution >= 0.6 is 0 Å². The molecular weight excluding hydrogens is 408 g/mol. The first kappa shape index (κ1) is 21.0. The number of hydrogen-bond donors (Lipinski definition) is 0. The lowest BCUT2D eigenvalue weighted by Gasteiger charge is -2.04. The van der Waals surface area contributed by atoms with Crippen LogP contribution in [-0.4, -0.2) is 29.0 Å². The Morgan fingerprint density at radius 1 is 0.906 bits per heavy atom. The molecule has 0 N–H and O–H groups in total. The fourth-order valence-electron chi connectivity index (χ4n) is 3.12. The number of aromatic nitrogens is 2. The van der Waals surface area contributed by atoms with Crippen molar-refractivity contribution in [2.45, 2.75) is 12.8 Å². The van der Waals surface area contributed by atoms with E-state index in [9.17, 15) is 9.59 Å². The van der Waals surface area contributed by atoms with E-state index in [-0.39, 0.29) is 24.0 Å². The average Bonchev–Trinajstić information content (AvgIpc) is 3.34. The predicted molar refractivity (Wildman–Crippen MR) is 117 cm³/mol. The second kappa shape index (κ2) is 9.70. The van der Waals surface area contributed by atoms with E-state index in [1.165, 1.54) is 19.4 Å². The van der Waals surface area contributed by atoms with E-state index in [1.54, 1.807) is 12.1 Å². The molecular formula is C25H20N2O5. The van der Waals surface area contributed by atoms with Crippen LogP contribution in [0.3, 0.4) is 0 Å². The number of pyridine rings is 1. The van der Waals surface area contributed by atoms with Gasteiger partial charge < -0.3 is 13.9 Å². The molecule has 160 valence electrons. The predicted octanol–water partition coefficient (Wildman–Crippen LogP) is 5.36. The summed E-state index contributed by atoms with van der Waals surface area (Å²) in [6.07, 6.45) is 1.39. The number of ketones is 1. The first-order valence-electron chi connectivity index (χ1n) is 9.99. The molecule has 0 spiro atoms. The zero-order valence-electron chi connectivity index (χ0n) is 17.4. The first-order chi connectivity index (χ1) is 15.6. The monoisotopic (exact) mass is 428 g/mol. The molecule has 0 saturated heterocycles. The van der Waals surface area contributed by atoms with Gasteiger partial charge in [0.05, 0.1) is 13.3 Å². The molecule has 2 aromatic heterocycles. The molecule has 0 bridgehead atoms. The quantitative estimate of drug-likeness (QED) is 0.289. The molecule has 0 unspecified atom stereocenters. The lowest BCUT2D eigenvalue weighted by molar-refractivity contribution is 0.0950. The Balaban J connectivity index is 1.38. The molecule has 2 aromatic carbocycles. The zero-order valence-corrected chi connectivity index (χ0v) is 17.4. The van der Waals surface area contributed by atoms with Gasteiger partial charge in [0.2, 0.25) is 11.7 Å². The lowest BCUT2D eigenvalue weighted by atomic mass is 10.0. The summed E-state index contributed by atoms with van der Waals surface area (Å²) in [7, 11) is 1.21. The number of rotatable bonds is 7. The molecule has 4 rings (SSSR count). The van der Waals surface area contributed by atoms with Crippen molar-refractivity contribution in [1.82, 2.24) is 9.97 Å². The van der Waals surface area contributed by atoms with Crippen LogP contribution < -0.4 is 4.74 Å². The Labute approximate surface area is 184 Å². The minimum Gasteiger partial charge on any atom is -0.437 e. The van der Waals surface area contributed by atoms with Gasteiger partial charge in [0, 0.05) is 12.5 Å². The fraction of sp³-hybridized carbons (Fsp3) is 0.120. The number of aryl methyl sites for hydroxylation is 1. The van der Waals surface area contributed by atoms with Gasteiger partial charge in [0.25, 0.3) is 5.89 Å². The maximum absolute atomic E-state index is 12.5. The molecule has 7 heteroatoms. The summed E-state index contributed by atoms with van der Waals surface area (Å²) in [4.78, 5) is 32.0. The molecule has 0 radical (unpaired) electrons. The van der Waals surface area contributed by atoms with Crippen molar-refractivity contribution in [3.63, 3.8) is 0 Å². The van der Waals surface area contributed by atoms with Gasteiger partial charge in [-0.15, -0.1) is 0 Å². The van der Waals surface area contributed by atoms with Gasteiger partial charge >= 0.3 is 6.16 Å². The standard InChI is InChI=1S/C25H20N2O5/c1-30-25(29)32-23-9-5-8-20(27-23)22-16-26-24(31-22)21(28)15-12-17-10-13-19(14-11-17)18-6-3-2-4-7-18/h2-11,13-14,16H,12,15H2,1H3. The molecule has 2 heterocycles. The Bertz CT molecular complexity index is 1220. The van der Waals surface area contributed by atoms with Crippen LogP contribution in [0.4, 0.5) is 4.79 Å². The van der Waals surface area contributed by atoms with Gasteiger partial charge in [-0.25, -0.2) is 14.8 Å². The maximum Gasteiger partial charge on any atom is 0.514 e. The average molecular weight is 428 g/mol. The molecule has 0 aliphatic rings. The van der Waals surface area contributed by atoms with Crippen LogP contribution in [0.2, 0.25) is 0 Å². The van der Waals surface area contributed by atoms with Crippen molar-refractivity contribution >= 4 is 11.9 Å². The van der Waals surface area contributed by atoms with Crippen molar-refractivity contribution in [3.05, 3.63) is 90.4 Å². The van der Waals surface area contributed by atoms with E-state index in [2.05, 4.69) is 26.8 Å². The molecule has 0 amide bonds. The number of oxazole rings is 1. The highest BCUT2D eigenvalue weighted by Crippen LogP contribution is 2.23. The number of benzene rings is 2. The summed E-state index contributed by atoms with van der Waals surface area (Å²) >= 11 is 0. The molecule has 0 aliphatic heterocycles. The van der Waals surface area contributed by atoms with Crippen LogP contribution in [0.15, 0.2) is 83.4 Å². The van der Waals surface area contributed by atoms with E-state index < -0.39 is 6.16 Å². The number of nitrogens with zero attached hydrogens (tertiary/aromatic N) is 2. The Morgan fingerprint density at radius 2 is 1.66 bits per heavy atom. The van der Waals surface area contributed by atoms with Crippen LogP contribution in [0.1, 0.15) is 22.7 Å². The summed E-state index contributed by atoms with van der Waals surface area (Å²) < 4.78 is 14.9. The normalized spacial score (nSPS) is 10.5. The van der Waals surface area contributed by atoms with Gasteiger partial charge in [-0.3, -0.25) is 4.79 Å². The number of carbonyl (C=O) groups excluding carboxylic acids is 2. The van der Waals surface area contributed by atoms with Crippen molar-refractivity contribution in [2.24, 2.45) is 0 Å². The smallest absolute Gasteiger partial charge is 0.437 e. The number of methoxy groups -OCH3 is 1. The molecule has 0 saturated carbocycles. The minimum absolute atomic E-state index is 0.0157. The third-order valence-corrected chi connectivity index (χ3v) is 4.78. The Hall–Kier alpha value is -4.26. The van der Waals surface area contributed by atoms with E-state index in [4.69, 9.17) is 9.15 Å². The molecule has 32 heavy (non-hydrogen) atoms. The highest BCUT2D eigenvalue weighted by atomic mass is 16.7. The maximum atomic E-state index is 12.5. The van der Waals surface area contributed by atoms with E-state index in [1.807, 2.05) is 42.5 Å². The second-order valence-corrected chi connectivity index (χ2v) is 6.93. The molecule has 7 nitrogen and oxygen atoms in total. The van der Waals surface area contributed by atoms with Gasteiger partial charge in [-0.05, 0) is 29.2 Å².